The summed E-state index contributed by atoms with van der Waals surface area (Å²) < 4.78 is 6.73. The Hall–Kier alpha value is -3.78. The molecule has 0 aliphatic carbocycles. The standard InChI is InChI=1S/C23H20ClN5O3/c1-32-20-9-5-4-8-17(20)26-23(31)28-11-10-15-19(13-28)25-21-12-18(27-29(21)22(15)30)14-6-2-3-7-16(14)24/h2-9,12,27H,10-11,13H2,1H3,(H,26,31). The van der Waals surface area contributed by atoms with Crippen LogP contribution < -0.4 is 15.6 Å². The molecule has 0 bridgehead atoms. The summed E-state index contributed by atoms with van der Waals surface area (Å²) in [6.07, 6.45) is 0.421. The lowest BCUT2D eigenvalue weighted by molar-refractivity contribution is 0.205. The number of fused-ring (bicyclic) bond motifs is 2. The van der Waals surface area contributed by atoms with E-state index in [9.17, 15) is 9.59 Å². The van der Waals surface area contributed by atoms with Crippen molar-refractivity contribution in [2.45, 2.75) is 13.0 Å². The largest absolute Gasteiger partial charge is 0.495 e. The van der Waals surface area contributed by atoms with E-state index in [0.29, 0.717) is 52.0 Å². The van der Waals surface area contributed by atoms with Gasteiger partial charge in [0, 0.05) is 28.8 Å². The van der Waals surface area contributed by atoms with Crippen molar-refractivity contribution in [1.82, 2.24) is 19.5 Å². The van der Waals surface area contributed by atoms with Crippen LogP contribution in [0.5, 0.6) is 5.75 Å². The molecule has 8 nitrogen and oxygen atoms in total. The van der Waals surface area contributed by atoms with E-state index in [0.717, 1.165) is 5.56 Å². The molecule has 2 aromatic carbocycles. The summed E-state index contributed by atoms with van der Waals surface area (Å²) in [7, 11) is 1.55. The minimum absolute atomic E-state index is 0.159. The number of H-pyrrole nitrogens is 1. The molecule has 0 spiro atoms. The highest BCUT2D eigenvalue weighted by molar-refractivity contribution is 6.33. The van der Waals surface area contributed by atoms with Gasteiger partial charge in [0.15, 0.2) is 5.65 Å². The number of amides is 2. The van der Waals surface area contributed by atoms with Gasteiger partial charge in [-0.25, -0.2) is 14.3 Å². The van der Waals surface area contributed by atoms with Crippen LogP contribution in [-0.4, -0.2) is 39.2 Å². The van der Waals surface area contributed by atoms with Crippen molar-refractivity contribution in [2.24, 2.45) is 0 Å². The van der Waals surface area contributed by atoms with Gasteiger partial charge >= 0.3 is 6.03 Å². The van der Waals surface area contributed by atoms with Gasteiger partial charge in [0.1, 0.15) is 5.75 Å². The first kappa shape index (κ1) is 20.1. The lowest BCUT2D eigenvalue weighted by Gasteiger charge is -2.28. The number of anilines is 1. The second kappa shape index (κ2) is 8.05. The van der Waals surface area contributed by atoms with Crippen molar-refractivity contribution in [1.29, 1.82) is 0 Å². The first-order chi connectivity index (χ1) is 15.5. The smallest absolute Gasteiger partial charge is 0.322 e. The summed E-state index contributed by atoms with van der Waals surface area (Å²) >= 11 is 6.31. The summed E-state index contributed by atoms with van der Waals surface area (Å²) in [5.74, 6) is 0.579. The number of methoxy groups -OCH3 is 1. The minimum atomic E-state index is -0.270. The van der Waals surface area contributed by atoms with Crippen molar-refractivity contribution >= 4 is 29.0 Å². The van der Waals surface area contributed by atoms with E-state index in [1.165, 1.54) is 4.52 Å². The predicted molar refractivity (Wildman–Crippen MR) is 122 cm³/mol. The molecule has 0 unspecified atom stereocenters. The van der Waals surface area contributed by atoms with Crippen LogP contribution >= 0.6 is 11.6 Å². The van der Waals surface area contributed by atoms with Crippen LogP contribution in [0.2, 0.25) is 5.02 Å². The van der Waals surface area contributed by atoms with E-state index in [1.807, 2.05) is 30.3 Å². The first-order valence-corrected chi connectivity index (χ1v) is 10.5. The number of benzene rings is 2. The second-order valence-electron chi connectivity index (χ2n) is 7.49. The molecule has 0 fully saturated rings. The number of carbonyl (C=O) groups excluding carboxylic acids is 1. The third-order valence-electron chi connectivity index (χ3n) is 5.57. The molecule has 0 atom stereocenters. The third-order valence-corrected chi connectivity index (χ3v) is 5.90. The lowest BCUT2D eigenvalue weighted by Crippen LogP contribution is -2.41. The molecule has 0 saturated carbocycles. The first-order valence-electron chi connectivity index (χ1n) is 10.1. The molecule has 1 aliphatic rings. The lowest BCUT2D eigenvalue weighted by atomic mass is 10.1. The molecule has 4 aromatic rings. The number of hydrogen-bond donors (Lipinski definition) is 2. The highest BCUT2D eigenvalue weighted by Crippen LogP contribution is 2.28. The van der Waals surface area contributed by atoms with Gasteiger partial charge in [-0.3, -0.25) is 9.89 Å². The maximum Gasteiger partial charge on any atom is 0.322 e. The maximum atomic E-state index is 13.1. The van der Waals surface area contributed by atoms with E-state index in [1.54, 1.807) is 36.3 Å². The molecular weight excluding hydrogens is 430 g/mol. The Morgan fingerprint density at radius 1 is 1.19 bits per heavy atom. The quantitative estimate of drug-likeness (QED) is 0.495. The molecule has 0 radical (unpaired) electrons. The molecular formula is C23H20ClN5O3. The summed E-state index contributed by atoms with van der Waals surface area (Å²) in [6.45, 7) is 0.656. The SMILES string of the molecule is COc1ccccc1NC(=O)N1CCc2c(nc3cc(-c4ccccc4Cl)[nH]n3c2=O)C1. The number of carbonyl (C=O) groups is 1. The number of urea groups is 1. The number of para-hydroxylation sites is 2. The molecule has 2 amide bonds. The normalized spacial score (nSPS) is 13.1. The number of aromatic amines is 1. The summed E-state index contributed by atoms with van der Waals surface area (Å²) in [4.78, 5) is 32.2. The van der Waals surface area contributed by atoms with Crippen LogP contribution in [0.4, 0.5) is 10.5 Å². The molecule has 3 heterocycles. The van der Waals surface area contributed by atoms with Gasteiger partial charge in [-0.1, -0.05) is 41.9 Å². The van der Waals surface area contributed by atoms with Gasteiger partial charge < -0.3 is 15.0 Å². The Morgan fingerprint density at radius 2 is 1.97 bits per heavy atom. The Balaban J connectivity index is 1.45. The Morgan fingerprint density at radius 3 is 2.78 bits per heavy atom. The number of nitrogens with zero attached hydrogens (tertiary/aromatic N) is 3. The molecule has 1 aliphatic heterocycles. The molecule has 2 aromatic heterocycles. The van der Waals surface area contributed by atoms with Crippen molar-refractivity contribution < 1.29 is 9.53 Å². The van der Waals surface area contributed by atoms with Gasteiger partial charge in [0.25, 0.3) is 5.56 Å². The van der Waals surface area contributed by atoms with Crippen molar-refractivity contribution in [3.63, 3.8) is 0 Å². The second-order valence-corrected chi connectivity index (χ2v) is 7.89. The average molecular weight is 450 g/mol. The van der Waals surface area contributed by atoms with Crippen LogP contribution in [0.1, 0.15) is 11.3 Å². The fourth-order valence-electron chi connectivity index (χ4n) is 3.93. The van der Waals surface area contributed by atoms with Crippen LogP contribution in [0.25, 0.3) is 16.9 Å². The van der Waals surface area contributed by atoms with Crippen LogP contribution in [0.15, 0.2) is 59.4 Å². The minimum Gasteiger partial charge on any atom is -0.495 e. The third kappa shape index (κ3) is 3.48. The highest BCUT2D eigenvalue weighted by Gasteiger charge is 2.26. The summed E-state index contributed by atoms with van der Waals surface area (Å²) in [5, 5.41) is 6.56. The highest BCUT2D eigenvalue weighted by atomic mass is 35.5. The van der Waals surface area contributed by atoms with Gasteiger partial charge in [0.05, 0.1) is 30.7 Å². The van der Waals surface area contributed by atoms with Crippen molar-refractivity contribution in [3.05, 3.63) is 81.2 Å². The number of rotatable bonds is 3. The Labute approximate surface area is 188 Å². The van der Waals surface area contributed by atoms with E-state index in [-0.39, 0.29) is 18.1 Å². The van der Waals surface area contributed by atoms with E-state index >= 15 is 0 Å². The van der Waals surface area contributed by atoms with Gasteiger partial charge in [-0.2, -0.15) is 0 Å². The van der Waals surface area contributed by atoms with E-state index < -0.39 is 0 Å². The zero-order valence-corrected chi connectivity index (χ0v) is 18.0. The van der Waals surface area contributed by atoms with Gasteiger partial charge in [-0.15, -0.1) is 0 Å². The maximum absolute atomic E-state index is 13.1. The van der Waals surface area contributed by atoms with Crippen molar-refractivity contribution in [3.8, 4) is 17.0 Å². The van der Waals surface area contributed by atoms with E-state index in [4.69, 9.17) is 16.3 Å². The predicted octanol–water partition coefficient (Wildman–Crippen LogP) is 3.94. The van der Waals surface area contributed by atoms with Gasteiger partial charge in [0.2, 0.25) is 0 Å². The van der Waals surface area contributed by atoms with Crippen LogP contribution in [-0.2, 0) is 13.0 Å². The Bertz CT molecular complexity index is 1390. The molecule has 162 valence electrons. The number of nitrogens with one attached hydrogen (secondary N) is 2. The van der Waals surface area contributed by atoms with Gasteiger partial charge in [-0.05, 0) is 24.6 Å². The fraction of sp³-hybridized carbons (Fsp3) is 0.174. The zero-order valence-electron chi connectivity index (χ0n) is 17.3. The molecule has 5 rings (SSSR count). The molecule has 2 N–H and O–H groups in total. The van der Waals surface area contributed by atoms with Crippen molar-refractivity contribution in [2.75, 3.05) is 19.0 Å². The average Bonchev–Trinajstić information content (AvgIpc) is 3.23. The van der Waals surface area contributed by atoms with E-state index in [2.05, 4.69) is 15.4 Å². The topological polar surface area (TPSA) is 91.7 Å². The molecule has 0 saturated heterocycles. The molecule has 9 heteroatoms. The number of ether oxygens (including phenoxy) is 1. The monoisotopic (exact) mass is 449 g/mol. The fourth-order valence-corrected chi connectivity index (χ4v) is 4.16. The molecule has 32 heavy (non-hydrogen) atoms. The van der Waals surface area contributed by atoms with Crippen LogP contribution in [0.3, 0.4) is 0 Å². The zero-order chi connectivity index (χ0) is 22.2. The Kier molecular flexibility index (Phi) is 5.07. The summed E-state index contributed by atoms with van der Waals surface area (Å²) in [5.41, 5.74) is 3.61. The summed E-state index contributed by atoms with van der Waals surface area (Å²) in [6, 6.07) is 16.1. The number of hydrogen-bond acceptors (Lipinski definition) is 4. The number of aromatic nitrogens is 3. The van der Waals surface area contributed by atoms with Crippen LogP contribution in [0, 0.1) is 0 Å². The number of halogens is 1.